The highest BCUT2D eigenvalue weighted by Crippen LogP contribution is 2.23. The molecule has 0 radical (unpaired) electrons. The second-order valence-electron chi connectivity index (χ2n) is 5.75. The molecule has 0 fully saturated rings. The van der Waals surface area contributed by atoms with E-state index in [0.717, 1.165) is 31.6 Å². The minimum atomic E-state index is -4.15. The largest absolute Gasteiger partial charge is 0.465 e. The van der Waals surface area contributed by atoms with E-state index in [4.69, 9.17) is 0 Å². The molecule has 0 saturated carbocycles. The van der Waals surface area contributed by atoms with Gasteiger partial charge in [0.1, 0.15) is 4.90 Å². The molecule has 0 atom stereocenters. The molecule has 2 aromatic rings. The number of sulfonamides is 1. The number of aryl methyl sites for hydroxylation is 1. The molecule has 0 aliphatic heterocycles. The lowest BCUT2D eigenvalue weighted by Crippen LogP contribution is -2.18. The minimum Gasteiger partial charge on any atom is -0.465 e. The van der Waals surface area contributed by atoms with E-state index in [0.29, 0.717) is 5.69 Å². The van der Waals surface area contributed by atoms with Crippen molar-refractivity contribution in [3.8, 4) is 0 Å². The molecule has 0 aliphatic rings. The van der Waals surface area contributed by atoms with Crippen LogP contribution in [-0.4, -0.2) is 34.6 Å². The summed E-state index contributed by atoms with van der Waals surface area (Å²) in [5.74, 6) is -1.54. The van der Waals surface area contributed by atoms with Crippen LogP contribution >= 0.6 is 0 Å². The summed E-state index contributed by atoms with van der Waals surface area (Å²) in [5, 5.41) is 0. The van der Waals surface area contributed by atoms with Gasteiger partial charge in [-0.05, 0) is 42.3 Å². The van der Waals surface area contributed by atoms with Gasteiger partial charge >= 0.3 is 11.9 Å². The fourth-order valence-corrected chi connectivity index (χ4v) is 3.79. The first-order valence-electron chi connectivity index (χ1n) is 8.24. The molecule has 0 bridgehead atoms. The van der Waals surface area contributed by atoms with Crippen molar-refractivity contribution in [3.05, 3.63) is 59.2 Å². The monoisotopic (exact) mass is 391 g/mol. The summed E-state index contributed by atoms with van der Waals surface area (Å²) in [6.45, 7) is 2.05. The zero-order valence-corrected chi connectivity index (χ0v) is 16.1. The smallest absolute Gasteiger partial charge is 0.339 e. The van der Waals surface area contributed by atoms with E-state index in [9.17, 15) is 18.0 Å². The van der Waals surface area contributed by atoms with Gasteiger partial charge in [-0.15, -0.1) is 0 Å². The number of esters is 2. The molecule has 2 aromatic carbocycles. The number of hydrogen-bond acceptors (Lipinski definition) is 6. The van der Waals surface area contributed by atoms with Gasteiger partial charge in [0.05, 0.1) is 25.3 Å². The number of carbonyl (C=O) groups excluding carboxylic acids is 2. The molecule has 8 heteroatoms. The van der Waals surface area contributed by atoms with Gasteiger partial charge in [0.25, 0.3) is 10.0 Å². The Balaban J connectivity index is 2.45. The maximum absolute atomic E-state index is 12.8. The summed E-state index contributed by atoms with van der Waals surface area (Å²) >= 11 is 0. The maximum atomic E-state index is 12.8. The van der Waals surface area contributed by atoms with E-state index in [-0.39, 0.29) is 16.0 Å². The highest BCUT2D eigenvalue weighted by atomic mass is 32.2. The number of hydrogen-bond donors (Lipinski definition) is 1. The van der Waals surface area contributed by atoms with Crippen LogP contribution in [0.5, 0.6) is 0 Å². The molecule has 0 aliphatic carbocycles. The lowest BCUT2D eigenvalue weighted by atomic mass is 10.1. The summed E-state index contributed by atoms with van der Waals surface area (Å²) in [6.07, 6.45) is 1.87. The Morgan fingerprint density at radius 3 is 2.15 bits per heavy atom. The topological polar surface area (TPSA) is 98.8 Å². The molecular weight excluding hydrogens is 370 g/mol. The summed E-state index contributed by atoms with van der Waals surface area (Å²) in [5.41, 5.74) is 1.25. The van der Waals surface area contributed by atoms with Crippen LogP contribution in [0.4, 0.5) is 5.69 Å². The molecule has 27 heavy (non-hydrogen) atoms. The highest BCUT2D eigenvalue weighted by Gasteiger charge is 2.25. The molecule has 0 aromatic heterocycles. The fourth-order valence-electron chi connectivity index (χ4n) is 2.51. The third-order valence-electron chi connectivity index (χ3n) is 3.84. The van der Waals surface area contributed by atoms with Gasteiger partial charge in [-0.25, -0.2) is 18.0 Å². The first-order chi connectivity index (χ1) is 12.8. The van der Waals surface area contributed by atoms with Crippen molar-refractivity contribution in [2.45, 2.75) is 24.7 Å². The third kappa shape index (κ3) is 4.85. The van der Waals surface area contributed by atoms with Crippen LogP contribution in [-0.2, 0) is 25.9 Å². The molecule has 0 amide bonds. The van der Waals surface area contributed by atoms with E-state index in [1.807, 2.05) is 12.1 Å². The van der Waals surface area contributed by atoms with Gasteiger partial charge in [0.2, 0.25) is 0 Å². The van der Waals surface area contributed by atoms with Gasteiger partial charge in [0, 0.05) is 5.69 Å². The lowest BCUT2D eigenvalue weighted by molar-refractivity contribution is 0.0583. The molecule has 2 rings (SSSR count). The molecule has 7 nitrogen and oxygen atoms in total. The number of rotatable bonds is 7. The second-order valence-corrected chi connectivity index (χ2v) is 7.40. The number of methoxy groups -OCH3 is 2. The zero-order chi connectivity index (χ0) is 20.0. The van der Waals surface area contributed by atoms with Crippen LogP contribution in [0.2, 0.25) is 0 Å². The Bertz CT molecular complexity index is 935. The van der Waals surface area contributed by atoms with Gasteiger partial charge in [-0.3, -0.25) is 4.72 Å². The molecule has 0 heterocycles. The van der Waals surface area contributed by atoms with E-state index in [1.54, 1.807) is 12.1 Å². The summed E-state index contributed by atoms with van der Waals surface area (Å²) in [6, 6.07) is 10.6. The van der Waals surface area contributed by atoms with Gasteiger partial charge in [-0.2, -0.15) is 0 Å². The summed E-state index contributed by atoms with van der Waals surface area (Å²) in [4.78, 5) is 23.4. The third-order valence-corrected chi connectivity index (χ3v) is 5.26. The molecule has 144 valence electrons. The average molecular weight is 391 g/mol. The standard InChI is InChI=1S/C19H21NO6S/c1-4-5-13-6-9-15(10-7-13)20-27(23,24)17-12-14(18(21)25-2)8-11-16(17)19(22)26-3/h6-12,20H,4-5H2,1-3H3. The van der Waals surface area contributed by atoms with Crippen LogP contribution in [0, 0.1) is 0 Å². The Hall–Kier alpha value is -2.87. The van der Waals surface area contributed by atoms with E-state index >= 15 is 0 Å². The second kappa shape index (κ2) is 8.68. The molecule has 1 N–H and O–H groups in total. The van der Waals surface area contributed by atoms with Crippen LogP contribution < -0.4 is 4.72 Å². The minimum absolute atomic E-state index is 0.00354. The van der Waals surface area contributed by atoms with Crippen LogP contribution in [0.25, 0.3) is 0 Å². The van der Waals surface area contributed by atoms with Crippen LogP contribution in [0.3, 0.4) is 0 Å². The predicted molar refractivity (Wildman–Crippen MR) is 100 cm³/mol. The highest BCUT2D eigenvalue weighted by molar-refractivity contribution is 7.92. The average Bonchev–Trinajstić information content (AvgIpc) is 2.67. The predicted octanol–water partition coefficient (Wildman–Crippen LogP) is 3.01. The number of anilines is 1. The Labute approximate surface area is 158 Å². The normalized spacial score (nSPS) is 10.9. The van der Waals surface area contributed by atoms with Crippen LogP contribution in [0.1, 0.15) is 39.6 Å². The first-order valence-corrected chi connectivity index (χ1v) is 9.73. The van der Waals surface area contributed by atoms with E-state index in [1.165, 1.54) is 19.2 Å². The summed E-state index contributed by atoms with van der Waals surface area (Å²) < 4.78 is 37.4. The number of ether oxygens (including phenoxy) is 2. The lowest BCUT2D eigenvalue weighted by Gasteiger charge is -2.13. The fraction of sp³-hybridized carbons (Fsp3) is 0.263. The Morgan fingerprint density at radius 1 is 0.963 bits per heavy atom. The molecular formula is C19H21NO6S. The number of nitrogens with one attached hydrogen (secondary N) is 1. The van der Waals surface area contributed by atoms with Crippen molar-refractivity contribution in [3.63, 3.8) is 0 Å². The van der Waals surface area contributed by atoms with Crippen molar-refractivity contribution in [1.82, 2.24) is 0 Å². The van der Waals surface area contributed by atoms with E-state index < -0.39 is 22.0 Å². The molecule has 0 saturated heterocycles. The SMILES string of the molecule is CCCc1ccc(NS(=O)(=O)c2cc(C(=O)OC)ccc2C(=O)OC)cc1. The van der Waals surface area contributed by atoms with Crippen molar-refractivity contribution in [2.75, 3.05) is 18.9 Å². The number of benzene rings is 2. The van der Waals surface area contributed by atoms with Gasteiger partial charge < -0.3 is 9.47 Å². The maximum Gasteiger partial charge on any atom is 0.339 e. The number of carbonyl (C=O) groups is 2. The molecule has 0 spiro atoms. The van der Waals surface area contributed by atoms with Gasteiger partial charge in [0.15, 0.2) is 0 Å². The van der Waals surface area contributed by atoms with Crippen molar-refractivity contribution in [2.24, 2.45) is 0 Å². The summed E-state index contributed by atoms with van der Waals surface area (Å²) in [7, 11) is -1.82. The van der Waals surface area contributed by atoms with Crippen molar-refractivity contribution < 1.29 is 27.5 Å². The van der Waals surface area contributed by atoms with Gasteiger partial charge in [-0.1, -0.05) is 25.5 Å². The van der Waals surface area contributed by atoms with Crippen molar-refractivity contribution >= 4 is 27.6 Å². The van der Waals surface area contributed by atoms with Crippen LogP contribution in [0.15, 0.2) is 47.4 Å². The quantitative estimate of drug-likeness (QED) is 0.729. The Kier molecular flexibility index (Phi) is 6.57. The van der Waals surface area contributed by atoms with Crippen molar-refractivity contribution in [1.29, 1.82) is 0 Å². The Morgan fingerprint density at radius 2 is 1.59 bits per heavy atom. The first kappa shape index (κ1) is 20.4. The van der Waals surface area contributed by atoms with E-state index in [2.05, 4.69) is 21.1 Å². The molecule has 0 unspecified atom stereocenters. The zero-order valence-electron chi connectivity index (χ0n) is 15.3.